The molecule has 2 heterocycles. The van der Waals surface area contributed by atoms with Crippen molar-refractivity contribution in [3.63, 3.8) is 0 Å². The number of rotatable bonds is 7. The first-order chi connectivity index (χ1) is 13.0. The molecule has 0 spiro atoms. The fourth-order valence-electron chi connectivity index (χ4n) is 2.39. The predicted molar refractivity (Wildman–Crippen MR) is 97.0 cm³/mol. The van der Waals surface area contributed by atoms with Gasteiger partial charge < -0.3 is 26.7 Å². The monoisotopic (exact) mass is 372 g/mol. The number of primary amides is 1. The van der Waals surface area contributed by atoms with Crippen molar-refractivity contribution in [2.75, 3.05) is 30.8 Å². The van der Waals surface area contributed by atoms with E-state index < -0.39 is 11.7 Å². The van der Waals surface area contributed by atoms with Crippen molar-refractivity contribution in [2.24, 2.45) is 5.73 Å². The molecule has 2 amide bonds. The second-order valence-corrected chi connectivity index (χ2v) is 5.53. The van der Waals surface area contributed by atoms with E-state index in [-0.39, 0.29) is 11.5 Å². The molecule has 0 aliphatic carbocycles. The van der Waals surface area contributed by atoms with Crippen LogP contribution in [0.15, 0.2) is 24.5 Å². The van der Waals surface area contributed by atoms with Gasteiger partial charge in [-0.2, -0.15) is 0 Å². The number of nitrogens with two attached hydrogens (primary N) is 1. The summed E-state index contributed by atoms with van der Waals surface area (Å²) in [7, 11) is 1.53. The standard InChI is InChI=1S/C16H17FN8O2/c1-19-14(27)8-6-22-15(23-7-8)20-2-3-21-16-24-11-5-9(17)4-10(13(18)26)12(11)25-16/h4-7H,2-3H2,1H3,(H2,18,26)(H,19,27)(H,20,22,23)(H2,21,24,25). The van der Waals surface area contributed by atoms with Crippen LogP contribution in [0, 0.1) is 5.82 Å². The number of H-pyrrole nitrogens is 1. The van der Waals surface area contributed by atoms with Gasteiger partial charge >= 0.3 is 0 Å². The van der Waals surface area contributed by atoms with E-state index in [1.54, 1.807) is 0 Å². The number of aromatic amines is 1. The molecule has 3 rings (SSSR count). The molecule has 0 fully saturated rings. The first-order valence-electron chi connectivity index (χ1n) is 7.99. The summed E-state index contributed by atoms with van der Waals surface area (Å²) in [6, 6.07) is 2.29. The Morgan fingerprint density at radius 1 is 1.19 bits per heavy atom. The molecule has 10 nitrogen and oxygen atoms in total. The number of anilines is 2. The topological polar surface area (TPSA) is 151 Å². The van der Waals surface area contributed by atoms with Crippen molar-refractivity contribution < 1.29 is 14.0 Å². The lowest BCUT2D eigenvalue weighted by atomic mass is 10.1. The molecule has 0 bridgehead atoms. The van der Waals surface area contributed by atoms with E-state index in [9.17, 15) is 14.0 Å². The summed E-state index contributed by atoms with van der Waals surface area (Å²) in [5.41, 5.74) is 6.29. The average Bonchev–Trinajstić information content (AvgIpc) is 3.06. The van der Waals surface area contributed by atoms with Crippen LogP contribution < -0.4 is 21.7 Å². The van der Waals surface area contributed by atoms with E-state index in [2.05, 4.69) is 35.9 Å². The predicted octanol–water partition coefficient (Wildman–Crippen LogP) is 0.474. The number of halogens is 1. The molecule has 2 aromatic heterocycles. The summed E-state index contributed by atoms with van der Waals surface area (Å²) < 4.78 is 13.5. The highest BCUT2D eigenvalue weighted by Crippen LogP contribution is 2.20. The van der Waals surface area contributed by atoms with Crippen LogP contribution in [0.3, 0.4) is 0 Å². The largest absolute Gasteiger partial charge is 0.366 e. The number of aromatic nitrogens is 4. The van der Waals surface area contributed by atoms with Gasteiger partial charge in [0.2, 0.25) is 11.9 Å². The Labute approximate surface area is 152 Å². The fourth-order valence-corrected chi connectivity index (χ4v) is 2.39. The lowest BCUT2D eigenvalue weighted by molar-refractivity contribution is 0.0960. The normalized spacial score (nSPS) is 10.6. The van der Waals surface area contributed by atoms with Gasteiger partial charge in [0.05, 0.1) is 16.6 Å². The van der Waals surface area contributed by atoms with E-state index in [0.717, 1.165) is 6.07 Å². The van der Waals surface area contributed by atoms with Gasteiger partial charge in [-0.15, -0.1) is 0 Å². The maximum absolute atomic E-state index is 13.5. The van der Waals surface area contributed by atoms with Crippen LogP contribution in [0.4, 0.5) is 16.3 Å². The number of amides is 2. The van der Waals surface area contributed by atoms with Crippen molar-refractivity contribution in [1.29, 1.82) is 0 Å². The lowest BCUT2D eigenvalue weighted by Gasteiger charge is -2.06. The maximum Gasteiger partial charge on any atom is 0.254 e. The Balaban J connectivity index is 1.58. The third kappa shape index (κ3) is 4.08. The Kier molecular flexibility index (Phi) is 5.11. The molecule has 6 N–H and O–H groups in total. The number of hydrogen-bond acceptors (Lipinski definition) is 7. The molecule has 27 heavy (non-hydrogen) atoms. The Morgan fingerprint density at radius 3 is 2.56 bits per heavy atom. The number of carbonyl (C=O) groups excluding carboxylic acids is 2. The smallest absolute Gasteiger partial charge is 0.254 e. The maximum atomic E-state index is 13.5. The van der Waals surface area contributed by atoms with E-state index in [1.165, 1.54) is 25.5 Å². The second-order valence-electron chi connectivity index (χ2n) is 5.53. The van der Waals surface area contributed by atoms with Gasteiger partial charge in [-0.1, -0.05) is 0 Å². The Bertz CT molecular complexity index is 986. The molecule has 0 saturated carbocycles. The van der Waals surface area contributed by atoms with Gasteiger partial charge in [0.15, 0.2) is 0 Å². The number of nitrogens with one attached hydrogen (secondary N) is 4. The average molecular weight is 372 g/mol. The number of imidazole rings is 1. The van der Waals surface area contributed by atoms with E-state index in [4.69, 9.17) is 5.73 Å². The SMILES string of the molecule is CNC(=O)c1cnc(NCCNc2nc3c(C(N)=O)cc(F)cc3[nH]2)nc1. The molecule has 140 valence electrons. The number of fused-ring (bicyclic) bond motifs is 1. The Morgan fingerprint density at radius 2 is 1.89 bits per heavy atom. The minimum atomic E-state index is -0.753. The van der Waals surface area contributed by atoms with Gasteiger partial charge in [0.1, 0.15) is 11.3 Å². The molecule has 11 heteroatoms. The third-order valence-electron chi connectivity index (χ3n) is 3.66. The molecular weight excluding hydrogens is 355 g/mol. The summed E-state index contributed by atoms with van der Waals surface area (Å²) in [5.74, 6) is -0.857. The summed E-state index contributed by atoms with van der Waals surface area (Å²) in [6.07, 6.45) is 2.83. The number of benzene rings is 1. The highest BCUT2D eigenvalue weighted by Gasteiger charge is 2.13. The minimum absolute atomic E-state index is 0.0111. The van der Waals surface area contributed by atoms with Crippen LogP contribution in [0.5, 0.6) is 0 Å². The van der Waals surface area contributed by atoms with Crippen molar-refractivity contribution in [2.45, 2.75) is 0 Å². The first-order valence-corrected chi connectivity index (χ1v) is 7.99. The number of nitrogens with zero attached hydrogens (tertiary/aromatic N) is 3. The molecule has 0 atom stereocenters. The fraction of sp³-hybridized carbons (Fsp3) is 0.188. The van der Waals surface area contributed by atoms with Gasteiger partial charge in [-0.25, -0.2) is 19.3 Å². The molecule has 0 aliphatic heterocycles. The molecule has 0 saturated heterocycles. The van der Waals surface area contributed by atoms with Crippen molar-refractivity contribution in [3.05, 3.63) is 41.5 Å². The minimum Gasteiger partial charge on any atom is -0.366 e. The number of hydrogen-bond donors (Lipinski definition) is 5. The van der Waals surface area contributed by atoms with E-state index in [0.29, 0.717) is 41.6 Å². The second kappa shape index (κ2) is 7.64. The molecular formula is C16H17FN8O2. The van der Waals surface area contributed by atoms with Crippen LogP contribution in [0.25, 0.3) is 11.0 Å². The summed E-state index contributed by atoms with van der Waals surface area (Å²) in [4.78, 5) is 38.0. The third-order valence-corrected chi connectivity index (χ3v) is 3.66. The van der Waals surface area contributed by atoms with Crippen molar-refractivity contribution in [1.82, 2.24) is 25.3 Å². The lowest BCUT2D eigenvalue weighted by Crippen LogP contribution is -2.19. The van der Waals surface area contributed by atoms with Crippen LogP contribution in [0.1, 0.15) is 20.7 Å². The molecule has 0 radical (unpaired) electrons. The van der Waals surface area contributed by atoms with Crippen LogP contribution in [-0.2, 0) is 0 Å². The summed E-state index contributed by atoms with van der Waals surface area (Å²) in [6.45, 7) is 0.891. The van der Waals surface area contributed by atoms with Crippen LogP contribution >= 0.6 is 0 Å². The number of carbonyl (C=O) groups is 2. The highest BCUT2D eigenvalue weighted by atomic mass is 19.1. The molecule has 1 aromatic carbocycles. The van der Waals surface area contributed by atoms with E-state index >= 15 is 0 Å². The van der Waals surface area contributed by atoms with Crippen LogP contribution in [0.2, 0.25) is 0 Å². The zero-order valence-corrected chi connectivity index (χ0v) is 14.3. The highest BCUT2D eigenvalue weighted by molar-refractivity contribution is 6.04. The van der Waals surface area contributed by atoms with Gasteiger partial charge in [-0.3, -0.25) is 9.59 Å². The van der Waals surface area contributed by atoms with E-state index in [1.807, 2.05) is 0 Å². The zero-order chi connectivity index (χ0) is 19.4. The van der Waals surface area contributed by atoms with Crippen molar-refractivity contribution >= 4 is 34.7 Å². The van der Waals surface area contributed by atoms with Crippen molar-refractivity contribution in [3.8, 4) is 0 Å². The summed E-state index contributed by atoms with van der Waals surface area (Å²) in [5, 5.41) is 8.47. The first kappa shape index (κ1) is 18.0. The van der Waals surface area contributed by atoms with Gasteiger partial charge in [0.25, 0.3) is 11.8 Å². The summed E-state index contributed by atoms with van der Waals surface area (Å²) >= 11 is 0. The molecule has 0 unspecified atom stereocenters. The zero-order valence-electron chi connectivity index (χ0n) is 14.3. The molecule has 3 aromatic rings. The Hall–Kier alpha value is -3.76. The van der Waals surface area contributed by atoms with Gasteiger partial charge in [-0.05, 0) is 12.1 Å². The quantitative estimate of drug-likeness (QED) is 0.378. The molecule has 0 aliphatic rings. The van der Waals surface area contributed by atoms with Crippen LogP contribution in [-0.4, -0.2) is 51.9 Å². The van der Waals surface area contributed by atoms with Gasteiger partial charge in [0, 0.05) is 32.5 Å².